The largest absolute Gasteiger partial charge is 0.480 e. The molecule has 0 aromatic carbocycles. The SMILES string of the molecule is CC(=O)NC(CC1=CCC=N1)C(=O)O. The van der Waals surface area contributed by atoms with Crippen LogP contribution in [0, 0.1) is 0 Å². The number of rotatable bonds is 4. The van der Waals surface area contributed by atoms with Gasteiger partial charge in [-0.1, -0.05) is 6.08 Å². The Morgan fingerprint density at radius 2 is 2.43 bits per heavy atom. The summed E-state index contributed by atoms with van der Waals surface area (Å²) >= 11 is 0. The van der Waals surface area contributed by atoms with Gasteiger partial charge in [-0.25, -0.2) is 4.79 Å². The first-order valence-corrected chi connectivity index (χ1v) is 4.31. The first-order chi connectivity index (χ1) is 6.59. The summed E-state index contributed by atoms with van der Waals surface area (Å²) in [4.78, 5) is 25.4. The van der Waals surface area contributed by atoms with Crippen LogP contribution < -0.4 is 5.32 Å². The molecule has 1 aliphatic rings. The Hall–Kier alpha value is -1.65. The maximum Gasteiger partial charge on any atom is 0.326 e. The first kappa shape index (κ1) is 10.4. The topological polar surface area (TPSA) is 78.8 Å². The molecule has 1 unspecified atom stereocenters. The number of nitrogens with zero attached hydrogens (tertiary/aromatic N) is 1. The van der Waals surface area contributed by atoms with Crippen molar-refractivity contribution in [2.45, 2.75) is 25.8 Å². The van der Waals surface area contributed by atoms with Crippen LogP contribution in [0.25, 0.3) is 0 Å². The highest BCUT2D eigenvalue weighted by atomic mass is 16.4. The summed E-state index contributed by atoms with van der Waals surface area (Å²) < 4.78 is 0. The molecule has 0 aromatic heterocycles. The third kappa shape index (κ3) is 3.01. The van der Waals surface area contributed by atoms with Crippen LogP contribution in [0.15, 0.2) is 16.8 Å². The Morgan fingerprint density at radius 1 is 1.71 bits per heavy atom. The number of carbonyl (C=O) groups is 2. The zero-order valence-corrected chi connectivity index (χ0v) is 7.86. The molecule has 0 aromatic rings. The molecule has 0 radical (unpaired) electrons. The molecule has 5 heteroatoms. The molecule has 1 atom stereocenters. The van der Waals surface area contributed by atoms with Crippen molar-refractivity contribution >= 4 is 18.1 Å². The molecule has 0 saturated carbocycles. The maximum absolute atomic E-state index is 10.7. The zero-order chi connectivity index (χ0) is 10.6. The Balaban J connectivity index is 2.55. The lowest BCUT2D eigenvalue weighted by molar-refractivity contribution is -0.141. The van der Waals surface area contributed by atoms with Crippen LogP contribution in [0.5, 0.6) is 0 Å². The van der Waals surface area contributed by atoms with Crippen molar-refractivity contribution in [3.05, 3.63) is 11.8 Å². The minimum Gasteiger partial charge on any atom is -0.480 e. The van der Waals surface area contributed by atoms with Crippen LogP contribution in [0.4, 0.5) is 0 Å². The average molecular weight is 196 g/mol. The van der Waals surface area contributed by atoms with Gasteiger partial charge in [0.2, 0.25) is 5.91 Å². The highest BCUT2D eigenvalue weighted by Gasteiger charge is 2.20. The summed E-state index contributed by atoms with van der Waals surface area (Å²) in [5.74, 6) is -1.39. The van der Waals surface area contributed by atoms with Crippen molar-refractivity contribution in [2.24, 2.45) is 4.99 Å². The van der Waals surface area contributed by atoms with Gasteiger partial charge in [-0.2, -0.15) is 0 Å². The van der Waals surface area contributed by atoms with Gasteiger partial charge in [-0.15, -0.1) is 0 Å². The van der Waals surface area contributed by atoms with Crippen molar-refractivity contribution in [3.8, 4) is 0 Å². The summed E-state index contributed by atoms with van der Waals surface area (Å²) in [5.41, 5.74) is 0.714. The van der Waals surface area contributed by atoms with Gasteiger partial charge in [-0.3, -0.25) is 9.79 Å². The number of carboxylic acid groups (broad SMARTS) is 1. The number of aliphatic imine (C=N–C) groups is 1. The molecule has 1 heterocycles. The van der Waals surface area contributed by atoms with E-state index in [9.17, 15) is 9.59 Å². The Morgan fingerprint density at radius 3 is 2.86 bits per heavy atom. The number of allylic oxidation sites excluding steroid dienone is 1. The number of hydrogen-bond acceptors (Lipinski definition) is 3. The van der Waals surface area contributed by atoms with Crippen molar-refractivity contribution < 1.29 is 14.7 Å². The predicted molar refractivity (Wildman–Crippen MR) is 51.0 cm³/mol. The van der Waals surface area contributed by atoms with E-state index in [1.54, 1.807) is 6.21 Å². The number of nitrogens with one attached hydrogen (secondary N) is 1. The molecule has 1 rings (SSSR count). The van der Waals surface area contributed by atoms with E-state index in [1.165, 1.54) is 6.92 Å². The molecule has 14 heavy (non-hydrogen) atoms. The molecular formula is C9H12N2O3. The fraction of sp³-hybridized carbons (Fsp3) is 0.444. The Bertz CT molecular complexity index is 307. The second-order valence-corrected chi connectivity index (χ2v) is 3.04. The van der Waals surface area contributed by atoms with E-state index >= 15 is 0 Å². The van der Waals surface area contributed by atoms with Gasteiger partial charge in [0.05, 0.1) is 0 Å². The van der Waals surface area contributed by atoms with Crippen LogP contribution in [0.3, 0.4) is 0 Å². The van der Waals surface area contributed by atoms with Gasteiger partial charge < -0.3 is 10.4 Å². The fourth-order valence-corrected chi connectivity index (χ4v) is 1.20. The molecule has 5 nitrogen and oxygen atoms in total. The first-order valence-electron chi connectivity index (χ1n) is 4.31. The van der Waals surface area contributed by atoms with Gasteiger partial charge >= 0.3 is 5.97 Å². The molecule has 0 spiro atoms. The van der Waals surface area contributed by atoms with Gasteiger partial charge in [-0.05, 0) is 0 Å². The molecule has 1 amide bonds. The minimum atomic E-state index is -1.04. The van der Waals surface area contributed by atoms with E-state index in [1.807, 2.05) is 6.08 Å². The summed E-state index contributed by atoms with van der Waals surface area (Å²) in [6.07, 6.45) is 4.53. The molecule has 1 aliphatic heterocycles. The number of amides is 1. The molecule has 0 aliphatic carbocycles. The van der Waals surface area contributed by atoms with Crippen molar-refractivity contribution in [2.75, 3.05) is 0 Å². The van der Waals surface area contributed by atoms with E-state index in [0.29, 0.717) is 5.70 Å². The Kier molecular flexibility index (Phi) is 3.39. The maximum atomic E-state index is 10.7. The standard InChI is InChI=1S/C9H12N2O3/c1-6(12)11-8(9(13)14)5-7-3-2-4-10-7/h3-4,8H,2,5H2,1H3,(H,11,12)(H,13,14). The highest BCUT2D eigenvalue weighted by molar-refractivity contribution is 5.82. The lowest BCUT2D eigenvalue weighted by atomic mass is 10.1. The van der Waals surface area contributed by atoms with Gasteiger partial charge in [0, 0.05) is 31.7 Å². The van der Waals surface area contributed by atoms with E-state index in [0.717, 1.165) is 6.42 Å². The van der Waals surface area contributed by atoms with Crippen molar-refractivity contribution in [3.63, 3.8) is 0 Å². The van der Waals surface area contributed by atoms with Crippen molar-refractivity contribution in [1.29, 1.82) is 0 Å². The van der Waals surface area contributed by atoms with E-state index in [4.69, 9.17) is 5.11 Å². The van der Waals surface area contributed by atoms with E-state index < -0.39 is 12.0 Å². The van der Waals surface area contributed by atoms with Crippen LogP contribution >= 0.6 is 0 Å². The van der Waals surface area contributed by atoms with Crippen LogP contribution in [-0.4, -0.2) is 29.2 Å². The lowest BCUT2D eigenvalue weighted by Crippen LogP contribution is -2.39. The molecule has 0 bridgehead atoms. The zero-order valence-electron chi connectivity index (χ0n) is 7.86. The van der Waals surface area contributed by atoms with Crippen LogP contribution in [0.2, 0.25) is 0 Å². The third-order valence-electron chi connectivity index (χ3n) is 1.80. The lowest BCUT2D eigenvalue weighted by Gasteiger charge is -2.12. The van der Waals surface area contributed by atoms with E-state index in [-0.39, 0.29) is 12.3 Å². The molecule has 76 valence electrons. The number of hydrogen-bond donors (Lipinski definition) is 2. The second-order valence-electron chi connectivity index (χ2n) is 3.04. The normalized spacial score (nSPS) is 16.2. The van der Waals surface area contributed by atoms with E-state index in [2.05, 4.69) is 10.3 Å². The molecule has 0 fully saturated rings. The third-order valence-corrected chi connectivity index (χ3v) is 1.80. The Labute approximate surface area is 81.5 Å². The number of carboxylic acids is 1. The quantitative estimate of drug-likeness (QED) is 0.679. The summed E-state index contributed by atoms with van der Waals surface area (Å²) in [5, 5.41) is 11.1. The second kappa shape index (κ2) is 4.55. The fourth-order valence-electron chi connectivity index (χ4n) is 1.20. The minimum absolute atomic E-state index is 0.241. The summed E-state index contributed by atoms with van der Waals surface area (Å²) in [6.45, 7) is 1.29. The van der Waals surface area contributed by atoms with Gasteiger partial charge in [0.15, 0.2) is 0 Å². The summed E-state index contributed by atoms with van der Waals surface area (Å²) in [6, 6.07) is -0.881. The van der Waals surface area contributed by atoms with Crippen molar-refractivity contribution in [1.82, 2.24) is 5.32 Å². The molecular weight excluding hydrogens is 184 g/mol. The van der Waals surface area contributed by atoms with Gasteiger partial charge in [0.1, 0.15) is 6.04 Å². The summed E-state index contributed by atoms with van der Waals surface area (Å²) in [7, 11) is 0. The molecule has 2 N–H and O–H groups in total. The molecule has 0 saturated heterocycles. The highest BCUT2D eigenvalue weighted by Crippen LogP contribution is 2.12. The average Bonchev–Trinajstić information content (AvgIpc) is 2.54. The van der Waals surface area contributed by atoms with Gasteiger partial charge in [0.25, 0.3) is 0 Å². The number of carbonyl (C=O) groups excluding carboxylic acids is 1. The van der Waals surface area contributed by atoms with Crippen LogP contribution in [0.1, 0.15) is 19.8 Å². The smallest absolute Gasteiger partial charge is 0.326 e. The van der Waals surface area contributed by atoms with Crippen LogP contribution in [-0.2, 0) is 9.59 Å². The number of aliphatic carboxylic acids is 1. The monoisotopic (exact) mass is 196 g/mol. The predicted octanol–water partition coefficient (Wildman–Crippen LogP) is 0.324.